The highest BCUT2D eigenvalue weighted by Gasteiger charge is 2.18. The van der Waals surface area contributed by atoms with Crippen LogP contribution in [-0.4, -0.2) is 32.8 Å². The van der Waals surface area contributed by atoms with Gasteiger partial charge in [-0.05, 0) is 43.5 Å². The Morgan fingerprint density at radius 3 is 2.50 bits per heavy atom. The molecule has 2 N–H and O–H groups in total. The van der Waals surface area contributed by atoms with Crippen molar-refractivity contribution in [1.29, 1.82) is 0 Å². The van der Waals surface area contributed by atoms with Crippen molar-refractivity contribution in [3.8, 4) is 0 Å². The number of halogens is 1. The molecule has 0 saturated heterocycles. The predicted molar refractivity (Wildman–Crippen MR) is 82.8 cm³/mol. The van der Waals surface area contributed by atoms with Crippen LogP contribution >= 0.6 is 0 Å². The highest BCUT2D eigenvalue weighted by Crippen LogP contribution is 2.25. The third-order valence-corrected chi connectivity index (χ3v) is 3.67. The fourth-order valence-corrected chi connectivity index (χ4v) is 2.52. The molecule has 0 aliphatic carbocycles. The summed E-state index contributed by atoms with van der Waals surface area (Å²) < 4.78 is 19.5. The summed E-state index contributed by atoms with van der Waals surface area (Å²) in [4.78, 5) is 2.12. The van der Waals surface area contributed by atoms with Crippen molar-refractivity contribution in [2.24, 2.45) is 5.73 Å². The van der Waals surface area contributed by atoms with Gasteiger partial charge < -0.3 is 15.4 Å². The zero-order chi connectivity index (χ0) is 15.0. The average molecular weight is 282 g/mol. The SMILES string of the molecule is CCC(CC)N(CCOC)c1ccc(CCN)cc1F. The van der Waals surface area contributed by atoms with Crippen molar-refractivity contribution in [2.45, 2.75) is 39.2 Å². The molecule has 0 aromatic heterocycles. The molecule has 0 bridgehead atoms. The number of hydrogen-bond donors (Lipinski definition) is 1. The Hall–Kier alpha value is -1.13. The van der Waals surface area contributed by atoms with Crippen LogP contribution in [0.2, 0.25) is 0 Å². The summed E-state index contributed by atoms with van der Waals surface area (Å²) in [6, 6.07) is 5.77. The lowest BCUT2D eigenvalue weighted by molar-refractivity contribution is 0.202. The van der Waals surface area contributed by atoms with E-state index in [2.05, 4.69) is 18.7 Å². The predicted octanol–water partition coefficient (Wildman–Crippen LogP) is 2.97. The third-order valence-electron chi connectivity index (χ3n) is 3.67. The summed E-state index contributed by atoms with van der Waals surface area (Å²) >= 11 is 0. The number of anilines is 1. The number of hydrogen-bond acceptors (Lipinski definition) is 3. The molecule has 0 aliphatic rings. The number of methoxy groups -OCH3 is 1. The van der Waals surface area contributed by atoms with Crippen molar-refractivity contribution >= 4 is 5.69 Å². The van der Waals surface area contributed by atoms with Gasteiger partial charge in [-0.3, -0.25) is 0 Å². The van der Waals surface area contributed by atoms with Crippen LogP contribution in [0.15, 0.2) is 18.2 Å². The molecule has 0 fully saturated rings. The van der Waals surface area contributed by atoms with Gasteiger partial charge in [0, 0.05) is 19.7 Å². The van der Waals surface area contributed by atoms with Gasteiger partial charge >= 0.3 is 0 Å². The smallest absolute Gasteiger partial charge is 0.146 e. The topological polar surface area (TPSA) is 38.5 Å². The minimum atomic E-state index is -0.168. The first kappa shape index (κ1) is 16.9. The monoisotopic (exact) mass is 282 g/mol. The van der Waals surface area contributed by atoms with Gasteiger partial charge in [0.25, 0.3) is 0 Å². The fourth-order valence-electron chi connectivity index (χ4n) is 2.52. The first-order valence-electron chi connectivity index (χ1n) is 7.41. The van der Waals surface area contributed by atoms with Gasteiger partial charge in [0.05, 0.1) is 12.3 Å². The normalized spacial score (nSPS) is 11.1. The second kappa shape index (κ2) is 8.93. The number of ether oxygens (including phenoxy) is 1. The third kappa shape index (κ3) is 4.46. The van der Waals surface area contributed by atoms with Gasteiger partial charge in [-0.1, -0.05) is 19.9 Å². The van der Waals surface area contributed by atoms with Crippen LogP contribution in [0.3, 0.4) is 0 Å². The Bertz CT molecular complexity index is 394. The summed E-state index contributed by atoms with van der Waals surface area (Å²) in [5.41, 5.74) is 7.13. The largest absolute Gasteiger partial charge is 0.383 e. The van der Waals surface area contributed by atoms with E-state index < -0.39 is 0 Å². The van der Waals surface area contributed by atoms with E-state index in [9.17, 15) is 4.39 Å². The molecule has 20 heavy (non-hydrogen) atoms. The molecule has 1 aromatic carbocycles. The zero-order valence-electron chi connectivity index (χ0n) is 12.9. The summed E-state index contributed by atoms with van der Waals surface area (Å²) in [5, 5.41) is 0. The summed E-state index contributed by atoms with van der Waals surface area (Å²) in [7, 11) is 1.67. The molecule has 0 spiro atoms. The molecule has 0 unspecified atom stereocenters. The number of benzene rings is 1. The van der Waals surface area contributed by atoms with E-state index in [4.69, 9.17) is 10.5 Å². The van der Waals surface area contributed by atoms with Crippen molar-refractivity contribution in [3.63, 3.8) is 0 Å². The molecule has 1 aromatic rings. The average Bonchev–Trinajstić information content (AvgIpc) is 2.45. The quantitative estimate of drug-likeness (QED) is 0.757. The lowest BCUT2D eigenvalue weighted by atomic mass is 10.1. The molecule has 0 heterocycles. The Balaban J connectivity index is 2.99. The van der Waals surface area contributed by atoms with Crippen LogP contribution in [0, 0.1) is 5.82 Å². The molecule has 0 atom stereocenters. The molecule has 114 valence electrons. The minimum absolute atomic E-state index is 0.168. The second-order valence-electron chi connectivity index (χ2n) is 4.98. The maximum absolute atomic E-state index is 14.4. The van der Waals surface area contributed by atoms with E-state index in [-0.39, 0.29) is 5.82 Å². The van der Waals surface area contributed by atoms with Crippen molar-refractivity contribution in [2.75, 3.05) is 31.7 Å². The maximum Gasteiger partial charge on any atom is 0.146 e. The molecule has 1 rings (SSSR count). The standard InChI is InChI=1S/C16H27FN2O/c1-4-14(5-2)19(10-11-20-3)16-7-6-13(8-9-18)12-15(16)17/h6-7,12,14H,4-5,8-11,18H2,1-3H3. The molecule has 3 nitrogen and oxygen atoms in total. The van der Waals surface area contributed by atoms with Crippen LogP contribution in [0.5, 0.6) is 0 Å². The molecular weight excluding hydrogens is 255 g/mol. The summed E-state index contributed by atoms with van der Waals surface area (Å²) in [5.74, 6) is -0.168. The van der Waals surface area contributed by atoms with Gasteiger partial charge in [-0.15, -0.1) is 0 Å². The maximum atomic E-state index is 14.4. The second-order valence-corrected chi connectivity index (χ2v) is 4.98. The van der Waals surface area contributed by atoms with Crippen LogP contribution in [-0.2, 0) is 11.2 Å². The van der Waals surface area contributed by atoms with Crippen molar-refractivity contribution < 1.29 is 9.13 Å². The lowest BCUT2D eigenvalue weighted by Gasteiger charge is -2.33. The van der Waals surface area contributed by atoms with Crippen LogP contribution in [0.25, 0.3) is 0 Å². The first-order valence-corrected chi connectivity index (χ1v) is 7.41. The van der Waals surface area contributed by atoms with E-state index in [1.807, 2.05) is 12.1 Å². The van der Waals surface area contributed by atoms with Gasteiger partial charge in [-0.2, -0.15) is 0 Å². The van der Waals surface area contributed by atoms with E-state index in [1.165, 1.54) is 0 Å². The molecule has 0 aliphatic heterocycles. The van der Waals surface area contributed by atoms with Crippen LogP contribution in [0.1, 0.15) is 32.3 Å². The van der Waals surface area contributed by atoms with Crippen molar-refractivity contribution in [1.82, 2.24) is 0 Å². The van der Waals surface area contributed by atoms with Gasteiger partial charge in [-0.25, -0.2) is 4.39 Å². The van der Waals surface area contributed by atoms with Gasteiger partial charge in [0.15, 0.2) is 0 Å². The van der Waals surface area contributed by atoms with E-state index in [0.717, 1.165) is 18.4 Å². The molecule has 0 saturated carbocycles. The molecule has 0 radical (unpaired) electrons. The Kier molecular flexibility index (Phi) is 7.55. The highest BCUT2D eigenvalue weighted by molar-refractivity contribution is 5.50. The molecule has 0 amide bonds. The van der Waals surface area contributed by atoms with E-state index >= 15 is 0 Å². The first-order chi connectivity index (χ1) is 9.67. The van der Waals surface area contributed by atoms with E-state index in [0.29, 0.717) is 37.8 Å². The number of rotatable bonds is 9. The van der Waals surface area contributed by atoms with E-state index in [1.54, 1.807) is 13.2 Å². The lowest BCUT2D eigenvalue weighted by Crippen LogP contribution is -2.37. The van der Waals surface area contributed by atoms with Gasteiger partial charge in [0.2, 0.25) is 0 Å². The summed E-state index contributed by atoms with van der Waals surface area (Å²) in [6.07, 6.45) is 2.69. The fraction of sp³-hybridized carbons (Fsp3) is 0.625. The van der Waals surface area contributed by atoms with Gasteiger partial charge in [0.1, 0.15) is 5.82 Å². The Morgan fingerprint density at radius 1 is 1.30 bits per heavy atom. The Morgan fingerprint density at radius 2 is 2.00 bits per heavy atom. The van der Waals surface area contributed by atoms with Crippen molar-refractivity contribution in [3.05, 3.63) is 29.6 Å². The number of nitrogens with zero attached hydrogens (tertiary/aromatic N) is 1. The number of nitrogens with two attached hydrogens (primary N) is 1. The van der Waals surface area contributed by atoms with Crippen LogP contribution < -0.4 is 10.6 Å². The molecular formula is C16H27FN2O. The minimum Gasteiger partial charge on any atom is -0.383 e. The molecule has 4 heteroatoms. The summed E-state index contributed by atoms with van der Waals surface area (Å²) in [6.45, 7) is 6.11. The highest BCUT2D eigenvalue weighted by atomic mass is 19.1. The van der Waals surface area contributed by atoms with Crippen LogP contribution in [0.4, 0.5) is 10.1 Å². The zero-order valence-corrected chi connectivity index (χ0v) is 12.9. The Labute approximate surface area is 121 Å².